The standard InChI is InChI=1S/C26H36N6O5/c1-18-5-7-20(8-6-18)24-30-25(28-10-12-37-14-13-36-11-9-27)32-26(31-24)29-17-19-15-21(33-2)23(35-4)22(16-19)34-3/h5-8,15-16H,9-14,17,27H2,1-4H3,(H2,28,29,30,31,32). The second kappa shape index (κ2) is 14.8. The van der Waals surface area contributed by atoms with Crippen LogP contribution in [0.3, 0.4) is 0 Å². The van der Waals surface area contributed by atoms with Crippen molar-refractivity contribution in [1.82, 2.24) is 15.0 Å². The predicted octanol–water partition coefficient (Wildman–Crippen LogP) is 2.89. The SMILES string of the molecule is COc1cc(CNc2nc(NCCOCCOCCN)nc(-c3ccc(C)cc3)n2)cc(OC)c1OC. The minimum atomic E-state index is 0.429. The lowest BCUT2D eigenvalue weighted by molar-refractivity contribution is 0.0547. The van der Waals surface area contributed by atoms with Gasteiger partial charge in [-0.25, -0.2) is 0 Å². The number of aromatic nitrogens is 3. The van der Waals surface area contributed by atoms with E-state index in [0.29, 0.717) is 81.0 Å². The lowest BCUT2D eigenvalue weighted by Crippen LogP contribution is -2.16. The third kappa shape index (κ3) is 8.45. The topological polar surface area (TPSA) is 135 Å². The number of benzene rings is 2. The van der Waals surface area contributed by atoms with Crippen LogP contribution in [0.25, 0.3) is 11.4 Å². The Balaban J connectivity index is 1.72. The van der Waals surface area contributed by atoms with Crippen LogP contribution in [0.4, 0.5) is 11.9 Å². The first kappa shape index (κ1) is 27.9. The van der Waals surface area contributed by atoms with Crippen molar-refractivity contribution >= 4 is 11.9 Å². The van der Waals surface area contributed by atoms with E-state index in [9.17, 15) is 0 Å². The van der Waals surface area contributed by atoms with Crippen LogP contribution < -0.4 is 30.6 Å². The van der Waals surface area contributed by atoms with Crippen LogP contribution in [0.15, 0.2) is 36.4 Å². The maximum Gasteiger partial charge on any atom is 0.228 e. The molecule has 200 valence electrons. The van der Waals surface area contributed by atoms with Gasteiger partial charge >= 0.3 is 0 Å². The third-order valence-corrected chi connectivity index (χ3v) is 5.28. The fourth-order valence-electron chi connectivity index (χ4n) is 3.42. The van der Waals surface area contributed by atoms with Crippen LogP contribution in [-0.2, 0) is 16.0 Å². The molecule has 0 saturated carbocycles. The molecule has 1 heterocycles. The maximum absolute atomic E-state index is 5.58. The Labute approximate surface area is 217 Å². The highest BCUT2D eigenvalue weighted by Gasteiger charge is 2.14. The van der Waals surface area contributed by atoms with Crippen LogP contribution in [0, 0.1) is 6.92 Å². The fourth-order valence-corrected chi connectivity index (χ4v) is 3.42. The van der Waals surface area contributed by atoms with Gasteiger partial charge in [-0.15, -0.1) is 0 Å². The van der Waals surface area contributed by atoms with E-state index in [-0.39, 0.29) is 0 Å². The van der Waals surface area contributed by atoms with E-state index in [1.54, 1.807) is 21.3 Å². The number of aryl methyl sites for hydroxylation is 1. The van der Waals surface area contributed by atoms with E-state index in [2.05, 4.69) is 25.6 Å². The number of nitrogens with one attached hydrogen (secondary N) is 2. The molecule has 37 heavy (non-hydrogen) atoms. The summed E-state index contributed by atoms with van der Waals surface area (Å²) < 4.78 is 27.2. The van der Waals surface area contributed by atoms with Gasteiger partial charge in [0, 0.05) is 25.2 Å². The van der Waals surface area contributed by atoms with E-state index < -0.39 is 0 Å². The largest absolute Gasteiger partial charge is 0.493 e. The molecule has 4 N–H and O–H groups in total. The van der Waals surface area contributed by atoms with Crippen molar-refractivity contribution < 1.29 is 23.7 Å². The van der Waals surface area contributed by atoms with Crippen molar-refractivity contribution in [2.45, 2.75) is 13.5 Å². The lowest BCUT2D eigenvalue weighted by atomic mass is 10.1. The highest BCUT2D eigenvalue weighted by molar-refractivity contribution is 5.59. The van der Waals surface area contributed by atoms with Crippen molar-refractivity contribution in [3.63, 3.8) is 0 Å². The first-order valence-corrected chi connectivity index (χ1v) is 12.0. The van der Waals surface area contributed by atoms with E-state index >= 15 is 0 Å². The molecule has 0 bridgehead atoms. The first-order chi connectivity index (χ1) is 18.1. The summed E-state index contributed by atoms with van der Waals surface area (Å²) in [5.41, 5.74) is 8.36. The van der Waals surface area contributed by atoms with Crippen LogP contribution in [0.1, 0.15) is 11.1 Å². The maximum atomic E-state index is 5.58. The van der Waals surface area contributed by atoms with E-state index in [0.717, 1.165) is 16.7 Å². The molecule has 3 rings (SSSR count). The Morgan fingerprint density at radius 1 is 0.757 bits per heavy atom. The summed E-state index contributed by atoms with van der Waals surface area (Å²) in [5, 5.41) is 6.49. The number of methoxy groups -OCH3 is 3. The Morgan fingerprint density at radius 3 is 1.97 bits per heavy atom. The zero-order valence-corrected chi connectivity index (χ0v) is 21.9. The van der Waals surface area contributed by atoms with Crippen molar-refractivity contribution in [1.29, 1.82) is 0 Å². The van der Waals surface area contributed by atoms with Gasteiger partial charge in [-0.1, -0.05) is 29.8 Å². The summed E-state index contributed by atoms with van der Waals surface area (Å²) in [5.74, 6) is 3.12. The molecule has 0 radical (unpaired) electrons. The highest BCUT2D eigenvalue weighted by atomic mass is 16.5. The molecule has 0 saturated heterocycles. The zero-order chi connectivity index (χ0) is 26.5. The lowest BCUT2D eigenvalue weighted by Gasteiger charge is -2.15. The van der Waals surface area contributed by atoms with Crippen LogP contribution in [0.5, 0.6) is 17.2 Å². The summed E-state index contributed by atoms with van der Waals surface area (Å²) >= 11 is 0. The van der Waals surface area contributed by atoms with E-state index in [4.69, 9.17) is 29.4 Å². The number of anilines is 2. The number of ether oxygens (including phenoxy) is 5. The number of nitrogens with zero attached hydrogens (tertiary/aromatic N) is 3. The normalized spacial score (nSPS) is 10.7. The van der Waals surface area contributed by atoms with Gasteiger partial charge in [0.25, 0.3) is 0 Å². The fraction of sp³-hybridized carbons (Fsp3) is 0.423. The molecule has 0 aliphatic heterocycles. The van der Waals surface area contributed by atoms with Crippen molar-refractivity contribution in [2.75, 3.05) is 71.5 Å². The van der Waals surface area contributed by atoms with Crippen molar-refractivity contribution in [3.8, 4) is 28.6 Å². The van der Waals surface area contributed by atoms with Crippen LogP contribution in [0.2, 0.25) is 0 Å². The van der Waals surface area contributed by atoms with Gasteiger partial charge in [-0.2, -0.15) is 15.0 Å². The van der Waals surface area contributed by atoms with Crippen molar-refractivity contribution in [2.24, 2.45) is 5.73 Å². The molecule has 11 nitrogen and oxygen atoms in total. The van der Waals surface area contributed by atoms with Gasteiger partial charge in [0.05, 0.1) is 47.8 Å². The molecule has 0 fully saturated rings. The van der Waals surface area contributed by atoms with Crippen LogP contribution >= 0.6 is 0 Å². The molecule has 2 aromatic carbocycles. The monoisotopic (exact) mass is 512 g/mol. The Kier molecular flexibility index (Phi) is 11.2. The second-order valence-electron chi connectivity index (χ2n) is 8.00. The average Bonchev–Trinajstić information content (AvgIpc) is 2.93. The minimum absolute atomic E-state index is 0.429. The molecule has 0 aliphatic carbocycles. The van der Waals surface area contributed by atoms with E-state index in [1.807, 2.05) is 43.3 Å². The summed E-state index contributed by atoms with van der Waals surface area (Å²) in [6.07, 6.45) is 0. The van der Waals surface area contributed by atoms with Gasteiger partial charge < -0.3 is 40.1 Å². The molecular weight excluding hydrogens is 476 g/mol. The van der Waals surface area contributed by atoms with Gasteiger partial charge in [-0.3, -0.25) is 0 Å². The highest BCUT2D eigenvalue weighted by Crippen LogP contribution is 2.38. The second-order valence-corrected chi connectivity index (χ2v) is 8.00. The summed E-state index contributed by atoms with van der Waals surface area (Å²) in [7, 11) is 4.75. The first-order valence-electron chi connectivity index (χ1n) is 12.0. The molecule has 0 unspecified atom stereocenters. The average molecular weight is 513 g/mol. The Hall–Kier alpha value is -3.67. The van der Waals surface area contributed by atoms with E-state index in [1.165, 1.54) is 0 Å². The molecule has 1 aromatic heterocycles. The quantitative estimate of drug-likeness (QED) is 0.245. The number of nitrogens with two attached hydrogens (primary N) is 1. The Bertz CT molecular complexity index is 1090. The summed E-state index contributed by atoms with van der Waals surface area (Å²) in [6.45, 7) is 5.51. The third-order valence-electron chi connectivity index (χ3n) is 5.28. The molecule has 0 atom stereocenters. The van der Waals surface area contributed by atoms with Gasteiger partial charge in [-0.05, 0) is 24.6 Å². The number of rotatable bonds is 16. The molecule has 0 amide bonds. The molecule has 0 spiro atoms. The summed E-state index contributed by atoms with van der Waals surface area (Å²) in [6, 6.07) is 11.8. The summed E-state index contributed by atoms with van der Waals surface area (Å²) in [4.78, 5) is 13.8. The smallest absolute Gasteiger partial charge is 0.228 e. The molecular formula is C26H36N6O5. The van der Waals surface area contributed by atoms with Crippen LogP contribution in [-0.4, -0.2) is 75.8 Å². The minimum Gasteiger partial charge on any atom is -0.493 e. The van der Waals surface area contributed by atoms with Gasteiger partial charge in [0.1, 0.15) is 0 Å². The van der Waals surface area contributed by atoms with Crippen molar-refractivity contribution in [3.05, 3.63) is 47.5 Å². The Morgan fingerprint density at radius 2 is 1.38 bits per heavy atom. The number of hydrogen-bond acceptors (Lipinski definition) is 11. The van der Waals surface area contributed by atoms with Gasteiger partial charge in [0.15, 0.2) is 17.3 Å². The van der Waals surface area contributed by atoms with Gasteiger partial charge in [0.2, 0.25) is 17.6 Å². The number of hydrogen-bond donors (Lipinski definition) is 3. The molecule has 0 aliphatic rings. The zero-order valence-electron chi connectivity index (χ0n) is 21.9. The molecule has 3 aromatic rings. The predicted molar refractivity (Wildman–Crippen MR) is 143 cm³/mol. The molecule has 11 heteroatoms.